The second kappa shape index (κ2) is 9.96. The number of nitrogens with one attached hydrogen (secondary N) is 3. The summed E-state index contributed by atoms with van der Waals surface area (Å²) < 4.78 is 0. The van der Waals surface area contributed by atoms with Gasteiger partial charge in [-0.1, -0.05) is 31.2 Å². The first-order valence-corrected chi connectivity index (χ1v) is 8.70. The van der Waals surface area contributed by atoms with E-state index in [1.54, 1.807) is 24.3 Å². The van der Waals surface area contributed by atoms with Gasteiger partial charge in [0.05, 0.1) is 5.56 Å². The zero-order valence-corrected chi connectivity index (χ0v) is 15.1. The largest absolute Gasteiger partial charge is 0.478 e. The van der Waals surface area contributed by atoms with Crippen molar-refractivity contribution >= 4 is 23.6 Å². The molecule has 0 atom stereocenters. The van der Waals surface area contributed by atoms with Crippen LogP contribution in [0.3, 0.4) is 0 Å². The van der Waals surface area contributed by atoms with E-state index in [2.05, 4.69) is 16.0 Å². The smallest absolute Gasteiger partial charge is 0.335 e. The van der Waals surface area contributed by atoms with Crippen LogP contribution in [0.25, 0.3) is 0 Å². The zero-order chi connectivity index (χ0) is 19.6. The molecule has 0 bridgehead atoms. The van der Waals surface area contributed by atoms with Crippen LogP contribution in [-0.2, 0) is 17.9 Å². The number of carboxylic acid groups (broad SMARTS) is 1. The van der Waals surface area contributed by atoms with Crippen LogP contribution in [0, 0.1) is 0 Å². The van der Waals surface area contributed by atoms with E-state index in [1.807, 2.05) is 19.1 Å². The van der Waals surface area contributed by atoms with Crippen molar-refractivity contribution in [3.05, 3.63) is 65.2 Å². The highest BCUT2D eigenvalue weighted by molar-refractivity contribution is 5.90. The Bertz CT molecular complexity index is 786. The van der Waals surface area contributed by atoms with E-state index in [1.165, 1.54) is 12.1 Å². The van der Waals surface area contributed by atoms with Crippen molar-refractivity contribution in [3.8, 4) is 0 Å². The lowest BCUT2D eigenvalue weighted by atomic mass is 10.1. The molecule has 0 saturated heterocycles. The fraction of sp³-hybridized carbons (Fsp3) is 0.250. The number of hydrogen-bond acceptors (Lipinski definition) is 3. The molecule has 2 aromatic carbocycles. The standard InChI is InChI=1S/C20H23N3O4/c1-2-3-18(24)23-17-10-6-15(7-11-17)13-22-20(27)21-12-14-4-8-16(9-5-14)19(25)26/h4-11H,2-3,12-13H2,1H3,(H,23,24)(H,25,26)(H2,21,22,27). The monoisotopic (exact) mass is 369 g/mol. The highest BCUT2D eigenvalue weighted by Crippen LogP contribution is 2.10. The summed E-state index contributed by atoms with van der Waals surface area (Å²) in [5.74, 6) is -0.998. The van der Waals surface area contributed by atoms with Crippen LogP contribution in [-0.4, -0.2) is 23.0 Å². The summed E-state index contributed by atoms with van der Waals surface area (Å²) in [5, 5.41) is 17.1. The van der Waals surface area contributed by atoms with Crippen LogP contribution in [0.15, 0.2) is 48.5 Å². The fourth-order valence-corrected chi connectivity index (χ4v) is 2.35. The van der Waals surface area contributed by atoms with Crippen molar-refractivity contribution in [2.45, 2.75) is 32.9 Å². The molecular weight excluding hydrogens is 346 g/mol. The Balaban J connectivity index is 1.74. The van der Waals surface area contributed by atoms with Crippen LogP contribution < -0.4 is 16.0 Å². The molecule has 0 aliphatic rings. The molecule has 7 heteroatoms. The van der Waals surface area contributed by atoms with Gasteiger partial charge >= 0.3 is 12.0 Å². The van der Waals surface area contributed by atoms with E-state index in [0.29, 0.717) is 19.5 Å². The first-order chi connectivity index (χ1) is 13.0. The number of rotatable bonds is 8. The van der Waals surface area contributed by atoms with E-state index < -0.39 is 5.97 Å². The van der Waals surface area contributed by atoms with Crippen LogP contribution in [0.2, 0.25) is 0 Å². The Morgan fingerprint density at radius 2 is 1.37 bits per heavy atom. The molecule has 0 fully saturated rings. The van der Waals surface area contributed by atoms with E-state index >= 15 is 0 Å². The molecule has 142 valence electrons. The first kappa shape index (κ1) is 20.0. The van der Waals surface area contributed by atoms with Gasteiger partial charge in [-0.2, -0.15) is 0 Å². The summed E-state index contributed by atoms with van der Waals surface area (Å²) in [7, 11) is 0. The summed E-state index contributed by atoms with van der Waals surface area (Å²) in [6.07, 6.45) is 1.29. The van der Waals surface area contributed by atoms with E-state index in [0.717, 1.165) is 23.2 Å². The van der Waals surface area contributed by atoms with E-state index in [-0.39, 0.29) is 17.5 Å². The van der Waals surface area contributed by atoms with E-state index in [4.69, 9.17) is 5.11 Å². The van der Waals surface area contributed by atoms with Crippen molar-refractivity contribution in [1.29, 1.82) is 0 Å². The lowest BCUT2D eigenvalue weighted by Gasteiger charge is -2.09. The summed E-state index contributed by atoms with van der Waals surface area (Å²) in [6.45, 7) is 2.60. The van der Waals surface area contributed by atoms with Crippen molar-refractivity contribution in [2.75, 3.05) is 5.32 Å². The quantitative estimate of drug-likeness (QED) is 0.573. The predicted octanol–water partition coefficient (Wildman–Crippen LogP) is 3.12. The molecule has 2 rings (SSSR count). The second-order valence-electron chi connectivity index (χ2n) is 6.03. The Labute approximate surface area is 157 Å². The van der Waals surface area contributed by atoms with Gasteiger partial charge in [0.25, 0.3) is 0 Å². The molecule has 7 nitrogen and oxygen atoms in total. The van der Waals surface area contributed by atoms with Crippen LogP contribution in [0.4, 0.5) is 10.5 Å². The van der Waals surface area contributed by atoms with Crippen molar-refractivity contribution in [2.24, 2.45) is 0 Å². The van der Waals surface area contributed by atoms with Gasteiger partial charge in [-0.05, 0) is 41.8 Å². The molecular formula is C20H23N3O4. The van der Waals surface area contributed by atoms with Crippen molar-refractivity contribution < 1.29 is 19.5 Å². The molecule has 0 unspecified atom stereocenters. The van der Waals surface area contributed by atoms with Crippen LogP contribution in [0.5, 0.6) is 0 Å². The zero-order valence-electron chi connectivity index (χ0n) is 15.1. The predicted molar refractivity (Wildman–Crippen MR) is 102 cm³/mol. The number of carbonyl (C=O) groups excluding carboxylic acids is 2. The molecule has 0 aromatic heterocycles. The lowest BCUT2D eigenvalue weighted by molar-refractivity contribution is -0.116. The van der Waals surface area contributed by atoms with Gasteiger partial charge in [0.2, 0.25) is 5.91 Å². The summed E-state index contributed by atoms with van der Waals surface area (Å²) in [6, 6.07) is 13.3. The maximum absolute atomic E-state index is 11.9. The molecule has 2 aromatic rings. The molecule has 0 heterocycles. The topological polar surface area (TPSA) is 108 Å². The third-order valence-corrected chi connectivity index (χ3v) is 3.82. The molecule has 27 heavy (non-hydrogen) atoms. The van der Waals surface area contributed by atoms with Gasteiger partial charge in [-0.25, -0.2) is 9.59 Å². The third kappa shape index (κ3) is 6.81. The lowest BCUT2D eigenvalue weighted by Crippen LogP contribution is -2.34. The maximum Gasteiger partial charge on any atom is 0.335 e. The highest BCUT2D eigenvalue weighted by atomic mass is 16.4. The molecule has 0 saturated carbocycles. The molecule has 3 amide bonds. The third-order valence-electron chi connectivity index (χ3n) is 3.82. The summed E-state index contributed by atoms with van der Waals surface area (Å²) in [4.78, 5) is 34.2. The van der Waals surface area contributed by atoms with Crippen molar-refractivity contribution in [1.82, 2.24) is 10.6 Å². The summed E-state index contributed by atoms with van der Waals surface area (Å²) in [5.41, 5.74) is 2.65. The number of anilines is 1. The number of urea groups is 1. The van der Waals surface area contributed by atoms with Gasteiger partial charge in [-0.15, -0.1) is 0 Å². The average Bonchev–Trinajstić information content (AvgIpc) is 2.66. The van der Waals surface area contributed by atoms with Crippen molar-refractivity contribution in [3.63, 3.8) is 0 Å². The minimum absolute atomic E-state index is 0.0147. The number of amides is 3. The Kier molecular flexibility index (Phi) is 7.37. The van der Waals surface area contributed by atoms with Gasteiger partial charge < -0.3 is 21.1 Å². The van der Waals surface area contributed by atoms with Crippen LogP contribution >= 0.6 is 0 Å². The first-order valence-electron chi connectivity index (χ1n) is 8.70. The Hall–Kier alpha value is -3.35. The van der Waals surface area contributed by atoms with Gasteiger partial charge in [0.1, 0.15) is 0 Å². The fourth-order valence-electron chi connectivity index (χ4n) is 2.35. The van der Waals surface area contributed by atoms with E-state index in [9.17, 15) is 14.4 Å². The molecule has 0 aliphatic carbocycles. The number of benzene rings is 2. The number of carboxylic acids is 1. The Morgan fingerprint density at radius 1 is 0.852 bits per heavy atom. The molecule has 0 radical (unpaired) electrons. The van der Waals surface area contributed by atoms with Crippen LogP contribution in [0.1, 0.15) is 41.3 Å². The minimum atomic E-state index is -0.983. The average molecular weight is 369 g/mol. The van der Waals surface area contributed by atoms with Gasteiger partial charge in [-0.3, -0.25) is 4.79 Å². The normalized spacial score (nSPS) is 10.1. The number of hydrogen-bond donors (Lipinski definition) is 4. The minimum Gasteiger partial charge on any atom is -0.478 e. The molecule has 0 aliphatic heterocycles. The van der Waals surface area contributed by atoms with Gasteiger partial charge in [0, 0.05) is 25.2 Å². The number of aromatic carboxylic acids is 1. The summed E-state index contributed by atoms with van der Waals surface area (Å²) >= 11 is 0. The Morgan fingerprint density at radius 3 is 1.85 bits per heavy atom. The molecule has 4 N–H and O–H groups in total. The maximum atomic E-state index is 11.9. The van der Waals surface area contributed by atoms with Gasteiger partial charge in [0.15, 0.2) is 0 Å². The SMILES string of the molecule is CCCC(=O)Nc1ccc(CNC(=O)NCc2ccc(C(=O)O)cc2)cc1. The highest BCUT2D eigenvalue weighted by Gasteiger charge is 2.04. The molecule has 0 spiro atoms. The number of carbonyl (C=O) groups is 3. The second-order valence-corrected chi connectivity index (χ2v) is 6.03.